The zero-order valence-corrected chi connectivity index (χ0v) is 28.5. The minimum atomic E-state index is -4.41. The van der Waals surface area contributed by atoms with E-state index in [-0.39, 0.29) is 32.9 Å². The van der Waals surface area contributed by atoms with Crippen molar-refractivity contribution in [3.8, 4) is 0 Å². The van der Waals surface area contributed by atoms with E-state index in [0.29, 0.717) is 22.3 Å². The molecule has 1 fully saturated rings. The van der Waals surface area contributed by atoms with E-state index < -0.39 is 53.5 Å². The van der Waals surface area contributed by atoms with Gasteiger partial charge >= 0.3 is 0 Å². The van der Waals surface area contributed by atoms with Crippen molar-refractivity contribution in [2.75, 3.05) is 11.5 Å². The summed E-state index contributed by atoms with van der Waals surface area (Å²) in [4.78, 5) is -0.172. The Bertz CT molecular complexity index is 1880. The maximum atomic E-state index is 14.5. The van der Waals surface area contributed by atoms with Crippen LogP contribution in [0.1, 0.15) is 22.3 Å². The Kier molecular flexibility index (Phi) is 9.82. The van der Waals surface area contributed by atoms with Crippen molar-refractivity contribution in [1.82, 2.24) is 8.61 Å². The fraction of sp³-hybridized carbons (Fsp3) is 0.250. The van der Waals surface area contributed by atoms with Crippen LogP contribution in [-0.2, 0) is 43.0 Å². The van der Waals surface area contributed by atoms with Crippen LogP contribution in [0.3, 0.4) is 0 Å². The van der Waals surface area contributed by atoms with Gasteiger partial charge in [-0.05, 0) is 60.4 Å². The molecule has 0 radical (unpaired) electrons. The summed E-state index contributed by atoms with van der Waals surface area (Å²) in [7, 11) is -12.7. The molecule has 13 heteroatoms. The first-order valence-corrected chi connectivity index (χ1v) is 19.5. The van der Waals surface area contributed by atoms with Gasteiger partial charge in [0.15, 0.2) is 9.84 Å². The van der Waals surface area contributed by atoms with Gasteiger partial charge in [-0.15, -0.1) is 0 Å². The third-order valence-corrected chi connectivity index (χ3v) is 14.1. The van der Waals surface area contributed by atoms with Crippen LogP contribution in [0.2, 0.25) is 10.0 Å². The number of hydrogen-bond donors (Lipinski definition) is 0. The van der Waals surface area contributed by atoms with Gasteiger partial charge in [-0.3, -0.25) is 0 Å². The molecule has 8 nitrogen and oxygen atoms in total. The molecular formula is C32H32Cl2N2O6S3. The predicted octanol–water partition coefficient (Wildman–Crippen LogP) is 5.86. The summed E-state index contributed by atoms with van der Waals surface area (Å²) in [5, 5.41) is 0.387. The lowest BCUT2D eigenvalue weighted by atomic mass is 10.1. The van der Waals surface area contributed by atoms with E-state index in [1.54, 1.807) is 98.8 Å². The smallest absolute Gasteiger partial charge is 0.229 e. The lowest BCUT2D eigenvalue weighted by Crippen LogP contribution is -2.54. The summed E-state index contributed by atoms with van der Waals surface area (Å²) in [5.74, 6) is -1.14. The van der Waals surface area contributed by atoms with Crippen LogP contribution in [0.15, 0.2) is 107 Å². The molecule has 4 aromatic carbocycles. The van der Waals surface area contributed by atoms with E-state index >= 15 is 0 Å². The minimum absolute atomic E-state index is 0.0860. The Morgan fingerprint density at radius 1 is 0.622 bits per heavy atom. The topological polar surface area (TPSA) is 109 Å². The van der Waals surface area contributed by atoms with Crippen molar-refractivity contribution in [2.24, 2.45) is 0 Å². The highest BCUT2D eigenvalue weighted by atomic mass is 35.5. The summed E-state index contributed by atoms with van der Waals surface area (Å²) < 4.78 is 87.3. The first kappa shape index (κ1) is 33.6. The average molecular weight is 708 g/mol. The molecule has 0 unspecified atom stereocenters. The lowest BCUT2D eigenvalue weighted by Gasteiger charge is -2.37. The number of halogens is 2. The number of nitrogens with zero attached hydrogens (tertiary/aromatic N) is 2. The van der Waals surface area contributed by atoms with Crippen molar-refractivity contribution in [3.05, 3.63) is 129 Å². The summed E-state index contributed by atoms with van der Waals surface area (Å²) in [6, 6.07) is 23.9. The number of hydrogen-bond acceptors (Lipinski definition) is 6. The third kappa shape index (κ3) is 7.30. The molecule has 0 saturated carbocycles. The quantitative estimate of drug-likeness (QED) is 0.205. The number of sulfone groups is 1. The molecule has 0 aliphatic carbocycles. The second-order valence-corrected chi connectivity index (χ2v) is 17.8. The second kappa shape index (κ2) is 13.2. The SMILES string of the molecule is Cc1ccc(Cl)cc1S(=O)(=O)N(Cc1ccccc1)[C@@H]1CS(=O)(=O)C[C@H]1N(Cc1ccccc1)S(=O)(=O)c1cc(Cl)ccc1C. The van der Waals surface area contributed by atoms with Crippen molar-refractivity contribution in [2.45, 2.75) is 48.8 Å². The fourth-order valence-electron chi connectivity index (χ4n) is 5.60. The molecule has 0 amide bonds. The average Bonchev–Trinajstić information content (AvgIpc) is 3.32. The highest BCUT2D eigenvalue weighted by Gasteiger charge is 2.51. The van der Waals surface area contributed by atoms with E-state index in [9.17, 15) is 25.3 Å². The first-order valence-electron chi connectivity index (χ1n) is 14.0. The molecule has 1 aliphatic heterocycles. The largest absolute Gasteiger partial charge is 0.244 e. The minimum Gasteiger partial charge on any atom is -0.229 e. The molecule has 238 valence electrons. The number of benzene rings is 4. The van der Waals surface area contributed by atoms with E-state index in [1.807, 2.05) is 0 Å². The standard InChI is InChI=1S/C32H32Cl2N2O6S3/c1-23-13-15-27(33)17-31(23)44(39,40)35(19-25-9-5-3-6-10-25)29-21-43(37,38)22-30(29)36(20-26-11-7-4-8-12-26)45(41,42)32-18-28(34)16-14-24(32)2/h3-18,29-30H,19-22H2,1-2H3/t29-,30-/m1/s1. The Morgan fingerprint density at radius 2 is 0.978 bits per heavy atom. The maximum Gasteiger partial charge on any atom is 0.244 e. The second-order valence-electron chi connectivity index (χ2n) is 11.1. The number of rotatable bonds is 10. The van der Waals surface area contributed by atoms with Gasteiger partial charge < -0.3 is 0 Å². The highest BCUT2D eigenvalue weighted by Crippen LogP contribution is 2.36. The van der Waals surface area contributed by atoms with Crippen molar-refractivity contribution in [3.63, 3.8) is 0 Å². The van der Waals surface area contributed by atoms with Gasteiger partial charge in [0.1, 0.15) is 0 Å². The summed E-state index contributed by atoms with van der Waals surface area (Å²) in [6.45, 7) is 2.87. The molecule has 1 aliphatic rings. The summed E-state index contributed by atoms with van der Waals surface area (Å²) >= 11 is 12.5. The summed E-state index contributed by atoms with van der Waals surface area (Å²) in [5.41, 5.74) is 2.04. The molecule has 45 heavy (non-hydrogen) atoms. The molecular weight excluding hydrogens is 675 g/mol. The van der Waals surface area contributed by atoms with Crippen LogP contribution >= 0.6 is 23.2 Å². The van der Waals surface area contributed by atoms with Crippen LogP contribution in [-0.4, -0.2) is 57.5 Å². The fourth-order valence-corrected chi connectivity index (χ4v) is 12.0. The van der Waals surface area contributed by atoms with Gasteiger partial charge in [0.05, 0.1) is 33.4 Å². The van der Waals surface area contributed by atoms with E-state index in [1.165, 1.54) is 12.1 Å². The molecule has 0 bridgehead atoms. The molecule has 4 aromatic rings. The van der Waals surface area contributed by atoms with Gasteiger partial charge in [0, 0.05) is 23.1 Å². The van der Waals surface area contributed by atoms with Crippen LogP contribution in [0.4, 0.5) is 0 Å². The number of aryl methyl sites for hydroxylation is 2. The molecule has 5 rings (SSSR count). The molecule has 0 N–H and O–H groups in total. The summed E-state index contributed by atoms with van der Waals surface area (Å²) in [6.07, 6.45) is 0. The van der Waals surface area contributed by atoms with Gasteiger partial charge in [-0.2, -0.15) is 8.61 Å². The van der Waals surface area contributed by atoms with Crippen LogP contribution < -0.4 is 0 Å². The lowest BCUT2D eigenvalue weighted by molar-refractivity contribution is 0.219. The number of sulfonamides is 2. The Balaban J connectivity index is 1.72. The molecule has 1 heterocycles. The van der Waals surface area contributed by atoms with Crippen LogP contribution in [0.5, 0.6) is 0 Å². The molecule has 0 spiro atoms. The van der Waals surface area contributed by atoms with Crippen molar-refractivity contribution >= 4 is 53.1 Å². The zero-order valence-electron chi connectivity index (χ0n) is 24.5. The monoisotopic (exact) mass is 706 g/mol. The van der Waals surface area contributed by atoms with Gasteiger partial charge in [0.2, 0.25) is 20.0 Å². The Hall–Kier alpha value is -2.77. The third-order valence-electron chi connectivity index (χ3n) is 7.87. The van der Waals surface area contributed by atoms with Crippen molar-refractivity contribution < 1.29 is 25.3 Å². The van der Waals surface area contributed by atoms with Gasteiger partial charge in [-0.25, -0.2) is 25.3 Å². The van der Waals surface area contributed by atoms with Crippen molar-refractivity contribution in [1.29, 1.82) is 0 Å². The van der Waals surface area contributed by atoms with E-state index in [4.69, 9.17) is 23.2 Å². The van der Waals surface area contributed by atoms with Gasteiger partial charge in [0.25, 0.3) is 0 Å². The van der Waals surface area contributed by atoms with Crippen LogP contribution in [0.25, 0.3) is 0 Å². The van der Waals surface area contributed by atoms with E-state index in [2.05, 4.69) is 0 Å². The zero-order chi connectivity index (χ0) is 32.6. The van der Waals surface area contributed by atoms with Gasteiger partial charge in [-0.1, -0.05) is 96.0 Å². The molecule has 2 atom stereocenters. The van der Waals surface area contributed by atoms with E-state index in [0.717, 1.165) is 8.61 Å². The first-order chi connectivity index (χ1) is 21.2. The Morgan fingerprint density at radius 3 is 1.33 bits per heavy atom. The normalized spacial score (nSPS) is 18.4. The van der Waals surface area contributed by atoms with Crippen LogP contribution in [0, 0.1) is 13.8 Å². The maximum absolute atomic E-state index is 14.5. The molecule has 0 aromatic heterocycles. The highest BCUT2D eigenvalue weighted by molar-refractivity contribution is 7.92. The Labute approximate surface area is 275 Å². The molecule has 1 saturated heterocycles. The predicted molar refractivity (Wildman–Crippen MR) is 177 cm³/mol.